The van der Waals surface area contributed by atoms with E-state index in [2.05, 4.69) is 18.3 Å². The lowest BCUT2D eigenvalue weighted by Gasteiger charge is -2.23. The van der Waals surface area contributed by atoms with Crippen LogP contribution in [0.25, 0.3) is 0 Å². The lowest BCUT2D eigenvalue weighted by Crippen LogP contribution is -2.19. The van der Waals surface area contributed by atoms with Gasteiger partial charge in [-0.3, -0.25) is 0 Å². The van der Waals surface area contributed by atoms with E-state index < -0.39 is 0 Å². The van der Waals surface area contributed by atoms with Crippen LogP contribution in [0.5, 0.6) is 11.5 Å². The van der Waals surface area contributed by atoms with E-state index in [4.69, 9.17) is 9.47 Å². The molecule has 3 heteroatoms. The van der Waals surface area contributed by atoms with Crippen molar-refractivity contribution in [3.8, 4) is 11.5 Å². The Bertz CT molecular complexity index is 397. The van der Waals surface area contributed by atoms with Crippen LogP contribution in [-0.4, -0.2) is 19.8 Å². The molecular weight excluding hydrogens is 202 g/mol. The average molecular weight is 219 g/mol. The van der Waals surface area contributed by atoms with Crippen molar-refractivity contribution in [2.45, 2.75) is 25.8 Å². The zero-order valence-electron chi connectivity index (χ0n) is 9.58. The van der Waals surface area contributed by atoms with Gasteiger partial charge in [0.2, 0.25) is 0 Å². The summed E-state index contributed by atoms with van der Waals surface area (Å²) in [5.41, 5.74) is 2.60. The van der Waals surface area contributed by atoms with Gasteiger partial charge >= 0.3 is 0 Å². The molecule has 2 aliphatic rings. The molecule has 2 aliphatic heterocycles. The van der Waals surface area contributed by atoms with Crippen LogP contribution in [0.3, 0.4) is 0 Å². The van der Waals surface area contributed by atoms with Gasteiger partial charge in [0.25, 0.3) is 0 Å². The Balaban J connectivity index is 1.99. The van der Waals surface area contributed by atoms with Crippen molar-refractivity contribution in [3.63, 3.8) is 0 Å². The van der Waals surface area contributed by atoms with Crippen molar-refractivity contribution in [2.24, 2.45) is 0 Å². The molecule has 0 saturated carbocycles. The summed E-state index contributed by atoms with van der Waals surface area (Å²) in [4.78, 5) is 0. The molecule has 3 nitrogen and oxygen atoms in total. The maximum absolute atomic E-state index is 5.70. The number of rotatable bonds is 1. The van der Waals surface area contributed by atoms with Crippen LogP contribution in [0.2, 0.25) is 0 Å². The molecule has 0 aliphatic carbocycles. The fraction of sp³-hybridized carbons (Fsp3) is 0.538. The van der Waals surface area contributed by atoms with Crippen molar-refractivity contribution in [3.05, 3.63) is 23.3 Å². The first kappa shape index (κ1) is 9.97. The zero-order valence-corrected chi connectivity index (χ0v) is 9.58. The summed E-state index contributed by atoms with van der Waals surface area (Å²) in [5, 5.41) is 3.52. The van der Waals surface area contributed by atoms with Crippen LogP contribution in [0.4, 0.5) is 0 Å². The van der Waals surface area contributed by atoms with E-state index in [0.29, 0.717) is 19.3 Å². The summed E-state index contributed by atoms with van der Waals surface area (Å²) in [6.07, 6.45) is 2.49. The molecule has 1 unspecified atom stereocenters. The third-order valence-corrected chi connectivity index (χ3v) is 3.43. The summed E-state index contributed by atoms with van der Waals surface area (Å²) >= 11 is 0. The number of ether oxygens (including phenoxy) is 2. The van der Waals surface area contributed by atoms with Gasteiger partial charge in [0.1, 0.15) is 13.2 Å². The quantitative estimate of drug-likeness (QED) is 0.785. The van der Waals surface area contributed by atoms with Crippen molar-refractivity contribution < 1.29 is 9.47 Å². The van der Waals surface area contributed by atoms with Gasteiger partial charge in [0, 0.05) is 6.04 Å². The summed E-state index contributed by atoms with van der Waals surface area (Å²) in [6, 6.07) is 4.71. The van der Waals surface area contributed by atoms with Crippen molar-refractivity contribution in [1.29, 1.82) is 0 Å². The standard InChI is InChI=1S/C13H17NO2/c1-9-10(11-3-2-6-14-11)4-5-12-13(9)16-8-7-15-12/h4-5,11,14H,2-3,6-8H2,1H3. The molecule has 1 N–H and O–H groups in total. The second-order valence-electron chi connectivity index (χ2n) is 4.45. The molecule has 0 radical (unpaired) electrons. The second-order valence-corrected chi connectivity index (χ2v) is 4.45. The summed E-state index contributed by atoms with van der Waals surface area (Å²) in [6.45, 7) is 4.57. The van der Waals surface area contributed by atoms with Crippen LogP contribution in [0.15, 0.2) is 12.1 Å². The highest BCUT2D eigenvalue weighted by molar-refractivity contribution is 5.51. The number of benzene rings is 1. The Morgan fingerprint density at radius 3 is 2.94 bits per heavy atom. The first-order valence-electron chi connectivity index (χ1n) is 5.99. The maximum Gasteiger partial charge on any atom is 0.164 e. The summed E-state index contributed by atoms with van der Waals surface area (Å²) < 4.78 is 11.3. The molecule has 0 amide bonds. The Hall–Kier alpha value is -1.22. The molecule has 1 aromatic rings. The molecule has 3 rings (SSSR count). The monoisotopic (exact) mass is 219 g/mol. The van der Waals surface area contributed by atoms with Crippen LogP contribution in [0.1, 0.15) is 30.0 Å². The molecule has 1 fully saturated rings. The van der Waals surface area contributed by atoms with Gasteiger partial charge in [-0.2, -0.15) is 0 Å². The molecule has 1 saturated heterocycles. The third-order valence-electron chi connectivity index (χ3n) is 3.43. The highest BCUT2D eigenvalue weighted by Gasteiger charge is 2.22. The predicted octanol–water partition coefficient (Wildman–Crippen LogP) is 2.19. The Labute approximate surface area is 95.8 Å². The molecule has 0 spiro atoms. The number of hydrogen-bond donors (Lipinski definition) is 1. The normalized spacial score (nSPS) is 23.4. The van der Waals surface area contributed by atoms with Crippen molar-refractivity contribution in [2.75, 3.05) is 19.8 Å². The van der Waals surface area contributed by atoms with Gasteiger partial charge in [0.05, 0.1) is 0 Å². The van der Waals surface area contributed by atoms with Crippen molar-refractivity contribution >= 4 is 0 Å². The minimum absolute atomic E-state index is 0.496. The molecule has 16 heavy (non-hydrogen) atoms. The largest absolute Gasteiger partial charge is 0.486 e. The van der Waals surface area contributed by atoms with Gasteiger partial charge in [-0.25, -0.2) is 0 Å². The SMILES string of the molecule is Cc1c(C2CCCN2)ccc2c1OCCO2. The van der Waals surface area contributed by atoms with Gasteiger partial charge < -0.3 is 14.8 Å². The molecule has 86 valence electrons. The summed E-state index contributed by atoms with van der Waals surface area (Å²) in [7, 11) is 0. The van der Waals surface area contributed by atoms with E-state index in [1.807, 2.05) is 6.07 Å². The highest BCUT2D eigenvalue weighted by atomic mass is 16.6. The Kier molecular flexibility index (Phi) is 2.48. The first-order chi connectivity index (χ1) is 7.86. The van der Waals surface area contributed by atoms with Gasteiger partial charge in [-0.05, 0) is 43.5 Å². The van der Waals surface area contributed by atoms with Crippen LogP contribution in [0, 0.1) is 6.92 Å². The third kappa shape index (κ3) is 1.55. The fourth-order valence-corrected chi connectivity index (χ4v) is 2.60. The minimum atomic E-state index is 0.496. The van der Waals surface area contributed by atoms with Gasteiger partial charge in [-0.1, -0.05) is 6.07 Å². The van der Waals surface area contributed by atoms with Crippen LogP contribution >= 0.6 is 0 Å². The molecular formula is C13H17NO2. The van der Waals surface area contributed by atoms with Crippen molar-refractivity contribution in [1.82, 2.24) is 5.32 Å². The minimum Gasteiger partial charge on any atom is -0.486 e. The van der Waals surface area contributed by atoms with E-state index >= 15 is 0 Å². The van der Waals surface area contributed by atoms with E-state index in [9.17, 15) is 0 Å². The molecule has 1 aromatic carbocycles. The van der Waals surface area contributed by atoms with E-state index in [1.54, 1.807) is 0 Å². The Morgan fingerprint density at radius 2 is 2.12 bits per heavy atom. The van der Waals surface area contributed by atoms with Gasteiger partial charge in [0.15, 0.2) is 11.5 Å². The number of nitrogens with one attached hydrogen (secondary N) is 1. The lowest BCUT2D eigenvalue weighted by molar-refractivity contribution is 0.170. The van der Waals surface area contributed by atoms with Crippen LogP contribution < -0.4 is 14.8 Å². The van der Waals surface area contributed by atoms with E-state index in [1.165, 1.54) is 24.0 Å². The first-order valence-corrected chi connectivity index (χ1v) is 5.99. The molecule has 1 atom stereocenters. The maximum atomic E-state index is 5.70. The fourth-order valence-electron chi connectivity index (χ4n) is 2.60. The second kappa shape index (κ2) is 3.98. The number of hydrogen-bond acceptors (Lipinski definition) is 3. The molecule has 0 aromatic heterocycles. The number of fused-ring (bicyclic) bond motifs is 1. The molecule has 0 bridgehead atoms. The Morgan fingerprint density at radius 1 is 1.25 bits per heavy atom. The van der Waals surface area contributed by atoms with E-state index in [-0.39, 0.29) is 0 Å². The predicted molar refractivity (Wildman–Crippen MR) is 62.1 cm³/mol. The smallest absolute Gasteiger partial charge is 0.164 e. The molecule has 2 heterocycles. The van der Waals surface area contributed by atoms with E-state index in [0.717, 1.165) is 18.0 Å². The average Bonchev–Trinajstić information content (AvgIpc) is 2.83. The topological polar surface area (TPSA) is 30.5 Å². The van der Waals surface area contributed by atoms with Crippen LogP contribution in [-0.2, 0) is 0 Å². The summed E-state index contributed by atoms with van der Waals surface area (Å²) in [5.74, 6) is 1.84. The highest BCUT2D eigenvalue weighted by Crippen LogP contribution is 2.38. The lowest BCUT2D eigenvalue weighted by atomic mass is 9.98. The zero-order chi connectivity index (χ0) is 11.0. The van der Waals surface area contributed by atoms with Gasteiger partial charge in [-0.15, -0.1) is 0 Å².